The van der Waals surface area contributed by atoms with Gasteiger partial charge in [-0.15, -0.1) is 0 Å². The lowest BCUT2D eigenvalue weighted by Crippen LogP contribution is -2.13. The monoisotopic (exact) mass is 294 g/mol. The molecule has 0 aliphatic rings. The van der Waals surface area contributed by atoms with Gasteiger partial charge in [0, 0.05) is 12.2 Å². The third-order valence-electron chi connectivity index (χ3n) is 2.85. The first kappa shape index (κ1) is 15.2. The Morgan fingerprint density at radius 1 is 1.19 bits per heavy atom. The van der Waals surface area contributed by atoms with E-state index in [9.17, 15) is 13.9 Å². The van der Waals surface area contributed by atoms with E-state index >= 15 is 0 Å². The second kappa shape index (κ2) is 6.99. The van der Waals surface area contributed by atoms with Gasteiger partial charge in [0.15, 0.2) is 0 Å². The van der Waals surface area contributed by atoms with E-state index in [1.165, 1.54) is 12.1 Å². The second-order valence-electron chi connectivity index (χ2n) is 4.51. The first-order valence-corrected chi connectivity index (χ1v) is 6.45. The molecule has 0 aliphatic carbocycles. The van der Waals surface area contributed by atoms with Crippen LogP contribution in [-0.4, -0.2) is 23.2 Å². The molecule has 1 heterocycles. The average Bonchev–Trinajstić information content (AvgIpc) is 2.45. The van der Waals surface area contributed by atoms with Crippen LogP contribution < -0.4 is 10.1 Å². The number of nitrogens with zero attached hydrogens (tertiary/aromatic N) is 1. The molecule has 0 fully saturated rings. The Hall–Kier alpha value is -2.21. The van der Waals surface area contributed by atoms with Crippen LogP contribution in [0.4, 0.5) is 14.6 Å². The minimum absolute atomic E-state index is 0.0641. The van der Waals surface area contributed by atoms with Crippen LogP contribution in [0.5, 0.6) is 5.75 Å². The fourth-order valence-corrected chi connectivity index (χ4v) is 1.83. The zero-order chi connectivity index (χ0) is 15.2. The van der Waals surface area contributed by atoms with Gasteiger partial charge in [0.05, 0.1) is 6.10 Å². The van der Waals surface area contributed by atoms with E-state index in [0.717, 1.165) is 5.69 Å². The predicted molar refractivity (Wildman–Crippen MR) is 75.5 cm³/mol. The second-order valence-corrected chi connectivity index (χ2v) is 4.51. The smallest absolute Gasteiger partial charge is 0.387 e. The Bertz CT molecular complexity index is 576. The molecule has 2 rings (SSSR count). The molecule has 2 N–H and O–H groups in total. The summed E-state index contributed by atoms with van der Waals surface area (Å²) < 4.78 is 28.3. The van der Waals surface area contributed by atoms with Gasteiger partial charge in [0.2, 0.25) is 0 Å². The lowest BCUT2D eigenvalue weighted by molar-refractivity contribution is -0.0498. The first-order chi connectivity index (χ1) is 10.0. The fourth-order valence-electron chi connectivity index (χ4n) is 1.83. The predicted octanol–water partition coefficient (Wildman–Crippen LogP) is 3.14. The van der Waals surface area contributed by atoms with Crippen molar-refractivity contribution in [2.45, 2.75) is 19.6 Å². The Kier molecular flexibility index (Phi) is 5.05. The number of anilines is 1. The van der Waals surface area contributed by atoms with Crippen LogP contribution in [0.1, 0.15) is 17.4 Å². The number of aryl methyl sites for hydroxylation is 1. The summed E-state index contributed by atoms with van der Waals surface area (Å²) in [5.74, 6) is 0.737. The van der Waals surface area contributed by atoms with Crippen molar-refractivity contribution in [2.75, 3.05) is 11.9 Å². The summed E-state index contributed by atoms with van der Waals surface area (Å²) in [6, 6.07) is 11.4. The molecule has 0 saturated heterocycles. The number of aromatic nitrogens is 1. The number of hydrogen-bond donors (Lipinski definition) is 2. The van der Waals surface area contributed by atoms with E-state index in [2.05, 4.69) is 15.0 Å². The highest BCUT2D eigenvalue weighted by Crippen LogP contribution is 2.19. The molecule has 0 amide bonds. The maximum absolute atomic E-state index is 12.0. The number of pyridine rings is 1. The highest BCUT2D eigenvalue weighted by Gasteiger charge is 2.09. The van der Waals surface area contributed by atoms with Crippen molar-refractivity contribution in [1.29, 1.82) is 0 Å². The van der Waals surface area contributed by atoms with E-state index in [1.807, 2.05) is 19.1 Å². The molecule has 21 heavy (non-hydrogen) atoms. The van der Waals surface area contributed by atoms with Crippen LogP contribution in [0.25, 0.3) is 0 Å². The number of aliphatic hydroxyl groups excluding tert-OH is 1. The molecule has 1 aromatic carbocycles. The largest absolute Gasteiger partial charge is 0.435 e. The van der Waals surface area contributed by atoms with Gasteiger partial charge in [0.25, 0.3) is 0 Å². The average molecular weight is 294 g/mol. The zero-order valence-corrected chi connectivity index (χ0v) is 11.5. The summed E-state index contributed by atoms with van der Waals surface area (Å²) in [6.07, 6.45) is -0.770. The molecule has 112 valence electrons. The minimum Gasteiger partial charge on any atom is -0.435 e. The Morgan fingerprint density at radius 3 is 2.52 bits per heavy atom. The van der Waals surface area contributed by atoms with Gasteiger partial charge in [-0.1, -0.05) is 18.2 Å². The summed E-state index contributed by atoms with van der Waals surface area (Å²) in [7, 11) is 0. The van der Waals surface area contributed by atoms with E-state index < -0.39 is 12.7 Å². The van der Waals surface area contributed by atoms with E-state index in [0.29, 0.717) is 11.4 Å². The number of nitrogens with one attached hydrogen (secondary N) is 1. The van der Waals surface area contributed by atoms with Gasteiger partial charge >= 0.3 is 6.61 Å². The molecular weight excluding hydrogens is 278 g/mol. The number of halogens is 2. The first-order valence-electron chi connectivity index (χ1n) is 6.45. The van der Waals surface area contributed by atoms with Crippen LogP contribution >= 0.6 is 0 Å². The van der Waals surface area contributed by atoms with Crippen LogP contribution in [0.2, 0.25) is 0 Å². The molecule has 4 nitrogen and oxygen atoms in total. The highest BCUT2D eigenvalue weighted by atomic mass is 19.3. The third-order valence-corrected chi connectivity index (χ3v) is 2.85. The van der Waals surface area contributed by atoms with E-state index in [-0.39, 0.29) is 12.3 Å². The number of benzene rings is 1. The number of rotatable bonds is 6. The van der Waals surface area contributed by atoms with E-state index in [1.54, 1.807) is 18.2 Å². The molecule has 0 aliphatic heterocycles. The molecule has 0 unspecified atom stereocenters. The van der Waals surface area contributed by atoms with Crippen molar-refractivity contribution < 1.29 is 18.6 Å². The lowest BCUT2D eigenvalue weighted by atomic mass is 10.1. The normalized spacial score (nSPS) is 12.2. The van der Waals surface area contributed by atoms with Gasteiger partial charge in [-0.25, -0.2) is 4.98 Å². The van der Waals surface area contributed by atoms with E-state index in [4.69, 9.17) is 0 Å². The maximum atomic E-state index is 12.0. The van der Waals surface area contributed by atoms with Gasteiger partial charge in [0.1, 0.15) is 11.6 Å². The summed E-state index contributed by atoms with van der Waals surface area (Å²) in [5.41, 5.74) is 1.49. The van der Waals surface area contributed by atoms with Crippen molar-refractivity contribution in [1.82, 2.24) is 4.98 Å². The topological polar surface area (TPSA) is 54.4 Å². The Balaban J connectivity index is 1.92. The van der Waals surface area contributed by atoms with Crippen molar-refractivity contribution >= 4 is 5.82 Å². The summed E-state index contributed by atoms with van der Waals surface area (Å²) in [5, 5.41) is 13.1. The molecule has 6 heteroatoms. The molecule has 1 aromatic heterocycles. The molecule has 0 radical (unpaired) electrons. The molecule has 2 aromatic rings. The quantitative estimate of drug-likeness (QED) is 0.859. The SMILES string of the molecule is Cc1cccc(NC[C@@H](O)c2ccc(OC(F)F)cc2)n1. The van der Waals surface area contributed by atoms with Gasteiger partial charge in [-0.2, -0.15) is 8.78 Å². The van der Waals surface area contributed by atoms with Crippen molar-refractivity contribution in [3.05, 3.63) is 53.7 Å². The molecule has 0 spiro atoms. The number of alkyl halides is 2. The Morgan fingerprint density at radius 2 is 1.90 bits per heavy atom. The van der Waals surface area contributed by atoms with Crippen LogP contribution in [0, 0.1) is 6.92 Å². The maximum Gasteiger partial charge on any atom is 0.387 e. The number of hydrogen-bond acceptors (Lipinski definition) is 4. The van der Waals surface area contributed by atoms with Crippen LogP contribution in [0.15, 0.2) is 42.5 Å². The lowest BCUT2D eigenvalue weighted by Gasteiger charge is -2.13. The van der Waals surface area contributed by atoms with Crippen molar-refractivity contribution in [3.8, 4) is 5.75 Å². The summed E-state index contributed by atoms with van der Waals surface area (Å²) >= 11 is 0. The summed E-state index contributed by atoms with van der Waals surface area (Å²) in [4.78, 5) is 4.26. The molecular formula is C15H16F2N2O2. The number of aliphatic hydroxyl groups is 1. The summed E-state index contributed by atoms with van der Waals surface area (Å²) in [6.45, 7) is -0.704. The minimum atomic E-state index is -2.85. The van der Waals surface area contributed by atoms with Crippen molar-refractivity contribution in [3.63, 3.8) is 0 Å². The fraction of sp³-hybridized carbons (Fsp3) is 0.267. The third kappa shape index (κ3) is 4.68. The molecule has 1 atom stereocenters. The van der Waals surface area contributed by atoms with Gasteiger partial charge < -0.3 is 15.2 Å². The number of ether oxygens (including phenoxy) is 1. The zero-order valence-electron chi connectivity index (χ0n) is 11.5. The van der Waals surface area contributed by atoms with Crippen LogP contribution in [-0.2, 0) is 0 Å². The molecule has 0 saturated carbocycles. The Labute approximate surface area is 121 Å². The van der Waals surface area contributed by atoms with Crippen molar-refractivity contribution in [2.24, 2.45) is 0 Å². The van der Waals surface area contributed by atoms with Gasteiger partial charge in [-0.05, 0) is 36.8 Å². The highest BCUT2D eigenvalue weighted by molar-refractivity contribution is 5.36. The standard InChI is InChI=1S/C15H16F2N2O2/c1-10-3-2-4-14(19-10)18-9-13(20)11-5-7-12(8-6-11)21-15(16)17/h2-8,13,15,20H,9H2,1H3,(H,18,19)/t13-/m1/s1. The van der Waals surface area contributed by atoms with Gasteiger partial charge in [-0.3, -0.25) is 0 Å². The van der Waals surface area contributed by atoms with Crippen LogP contribution in [0.3, 0.4) is 0 Å². The molecule has 0 bridgehead atoms.